The molecular weight excluding hydrogens is 843 g/mol. The number of nitrogens with one attached hydrogen (secondary N) is 4. The summed E-state index contributed by atoms with van der Waals surface area (Å²) >= 11 is 0. The molecule has 2 unspecified atom stereocenters. The lowest BCUT2D eigenvalue weighted by atomic mass is 10.0. The third-order valence-electron chi connectivity index (χ3n) is 13.7. The van der Waals surface area contributed by atoms with E-state index < -0.39 is 30.5 Å². The third-order valence-corrected chi connectivity index (χ3v) is 13.7. The quantitative estimate of drug-likeness (QED) is 0.0987. The maximum absolute atomic E-state index is 14.0. The molecule has 1 saturated carbocycles. The average Bonchev–Trinajstić information content (AvgIpc) is 4.06. The summed E-state index contributed by atoms with van der Waals surface area (Å²) in [4.78, 5) is 72.4. The number of aromatic nitrogens is 5. The van der Waals surface area contributed by atoms with Gasteiger partial charge in [-0.25, -0.2) is 19.6 Å². The van der Waals surface area contributed by atoms with Crippen LogP contribution in [-0.2, 0) is 19.1 Å². The lowest BCUT2D eigenvalue weighted by molar-refractivity contribution is -0.137. The minimum absolute atomic E-state index is 0.120. The van der Waals surface area contributed by atoms with E-state index in [0.717, 1.165) is 81.9 Å². The number of alkyl carbamates (subject to hydrolysis) is 2. The first-order valence-electron chi connectivity index (χ1n) is 22.8. The van der Waals surface area contributed by atoms with Crippen molar-refractivity contribution in [1.29, 1.82) is 0 Å². The summed E-state index contributed by atoms with van der Waals surface area (Å²) in [7, 11) is 2.59. The van der Waals surface area contributed by atoms with Gasteiger partial charge in [0.2, 0.25) is 18.0 Å². The van der Waals surface area contributed by atoms with Crippen LogP contribution >= 0.6 is 0 Å². The van der Waals surface area contributed by atoms with Gasteiger partial charge in [0.25, 0.3) is 0 Å². The summed E-state index contributed by atoms with van der Waals surface area (Å²) < 4.78 is 24.9. The molecule has 344 valence electrons. The van der Waals surface area contributed by atoms with Crippen molar-refractivity contribution >= 4 is 34.9 Å². The first-order chi connectivity index (χ1) is 31.8. The first kappa shape index (κ1) is 42.9. The number of carbonyl (C=O) groups excluding carboxylic acids is 4. The molecule has 4 aliphatic rings. The van der Waals surface area contributed by atoms with Gasteiger partial charge in [0, 0.05) is 34.7 Å². The van der Waals surface area contributed by atoms with Crippen LogP contribution in [0.5, 0.6) is 5.75 Å². The van der Waals surface area contributed by atoms with E-state index >= 15 is 0 Å². The van der Waals surface area contributed by atoms with Crippen molar-refractivity contribution in [2.45, 2.75) is 96.7 Å². The van der Waals surface area contributed by atoms with E-state index in [4.69, 9.17) is 28.6 Å². The number of furan rings is 1. The van der Waals surface area contributed by atoms with Crippen LogP contribution in [0.1, 0.15) is 94.9 Å². The molecule has 0 radical (unpaired) electrons. The standard InChI is InChI=1S/C49H55N9O8/c1-24(2)41(54-48(61)63-6)45(59)56-16-8-9-35(56)43-50-23-33(52-43)28-11-13-31-37-19-29-17-27(12-14-34(29)58(37)47(66-40(31)21-28)39-15-10-26(5)65-39)32-22-51-44(53-32)38-20-30-18-36(30)57(38)46(60)42(25(3)4)55-49(62)64-7/h10-15,17,19,21-25,30,35-36,38,41-42,47H,8-9,16,18,20H2,1-7H3,(H,50,52)(H,51,53)(H,54,61)(H,55,62)/t30-,35+,36-,38+,41+,42?,47?/m1/s1. The van der Waals surface area contributed by atoms with E-state index in [0.29, 0.717) is 29.8 Å². The lowest BCUT2D eigenvalue weighted by Crippen LogP contribution is -2.52. The Labute approximate surface area is 381 Å². The fourth-order valence-corrected chi connectivity index (χ4v) is 10.2. The van der Waals surface area contributed by atoms with Gasteiger partial charge in [0.05, 0.1) is 61.3 Å². The monoisotopic (exact) mass is 897 g/mol. The number of carbonyl (C=O) groups is 4. The molecule has 17 heteroatoms. The first-order valence-corrected chi connectivity index (χ1v) is 22.8. The second-order valence-corrected chi connectivity index (χ2v) is 18.6. The van der Waals surface area contributed by atoms with Crippen LogP contribution in [0.2, 0.25) is 0 Å². The fraction of sp³-hybridized carbons (Fsp3) is 0.429. The summed E-state index contributed by atoms with van der Waals surface area (Å²) in [6.45, 7) is 10.1. The Morgan fingerprint density at radius 1 is 0.788 bits per heavy atom. The van der Waals surface area contributed by atoms with Crippen LogP contribution in [-0.4, -0.2) is 97.2 Å². The number of H-pyrrole nitrogens is 2. The molecule has 7 atom stereocenters. The maximum atomic E-state index is 14.0. The number of methoxy groups -OCH3 is 2. The molecule has 3 aliphatic heterocycles. The highest BCUT2D eigenvalue weighted by molar-refractivity contribution is 5.93. The second kappa shape index (κ2) is 16.7. The van der Waals surface area contributed by atoms with Crippen LogP contribution in [0.3, 0.4) is 0 Å². The predicted molar refractivity (Wildman–Crippen MR) is 243 cm³/mol. The van der Waals surface area contributed by atoms with Gasteiger partial charge in [0.1, 0.15) is 35.2 Å². The number of likely N-dealkylation sites (tertiary alicyclic amines) is 2. The van der Waals surface area contributed by atoms with Gasteiger partial charge in [-0.05, 0) is 92.8 Å². The number of hydrogen-bond donors (Lipinski definition) is 4. The van der Waals surface area contributed by atoms with Gasteiger partial charge in [-0.1, -0.05) is 39.8 Å². The van der Waals surface area contributed by atoms with Gasteiger partial charge >= 0.3 is 12.2 Å². The van der Waals surface area contributed by atoms with Crippen molar-refractivity contribution in [3.63, 3.8) is 0 Å². The molecule has 7 heterocycles. The van der Waals surface area contributed by atoms with Crippen LogP contribution < -0.4 is 15.4 Å². The van der Waals surface area contributed by atoms with E-state index in [1.165, 1.54) is 14.2 Å². The van der Waals surface area contributed by atoms with Crippen molar-refractivity contribution in [1.82, 2.24) is 44.9 Å². The zero-order valence-electron chi connectivity index (χ0n) is 38.1. The molecular formula is C49H55N9O8. The summed E-state index contributed by atoms with van der Waals surface area (Å²) in [5.74, 6) is 3.38. The number of rotatable bonds is 11. The summed E-state index contributed by atoms with van der Waals surface area (Å²) in [5, 5.41) is 6.46. The van der Waals surface area contributed by atoms with Gasteiger partial charge in [-0.2, -0.15) is 0 Å². The summed E-state index contributed by atoms with van der Waals surface area (Å²) in [6, 6.07) is 16.6. The van der Waals surface area contributed by atoms with E-state index in [1.54, 1.807) is 11.1 Å². The van der Waals surface area contributed by atoms with Crippen LogP contribution in [0.4, 0.5) is 9.59 Å². The Bertz CT molecular complexity index is 2850. The number of hydrogen-bond acceptors (Lipinski definition) is 10. The summed E-state index contributed by atoms with van der Waals surface area (Å²) in [6.07, 6.45) is 5.07. The fourth-order valence-electron chi connectivity index (χ4n) is 10.2. The van der Waals surface area contributed by atoms with Gasteiger partial charge in [-0.3, -0.25) is 14.2 Å². The van der Waals surface area contributed by atoms with Crippen molar-refractivity contribution in [3.05, 3.63) is 90.2 Å². The number of aromatic amines is 2. The van der Waals surface area contributed by atoms with Crippen molar-refractivity contribution in [2.24, 2.45) is 17.8 Å². The Kier molecular flexibility index (Phi) is 10.9. The molecule has 66 heavy (non-hydrogen) atoms. The molecule has 3 fully saturated rings. The van der Waals surface area contributed by atoms with E-state index in [9.17, 15) is 19.2 Å². The third kappa shape index (κ3) is 7.53. The normalized spacial score (nSPS) is 21.6. The smallest absolute Gasteiger partial charge is 0.407 e. The number of imidazole rings is 2. The van der Waals surface area contributed by atoms with Crippen LogP contribution in [0.15, 0.2) is 71.4 Å². The van der Waals surface area contributed by atoms with Gasteiger partial charge < -0.3 is 49.0 Å². The van der Waals surface area contributed by atoms with E-state index in [2.05, 4.69) is 55.5 Å². The van der Waals surface area contributed by atoms with Crippen LogP contribution in [0.25, 0.3) is 44.7 Å². The minimum atomic E-state index is -0.725. The molecule has 2 aromatic carbocycles. The van der Waals surface area contributed by atoms with Crippen molar-refractivity contribution < 1.29 is 37.8 Å². The Balaban J connectivity index is 0.938. The largest absolute Gasteiger partial charge is 0.462 e. The Morgan fingerprint density at radius 2 is 1.44 bits per heavy atom. The predicted octanol–water partition coefficient (Wildman–Crippen LogP) is 8.02. The Hall–Kier alpha value is -7.04. The summed E-state index contributed by atoms with van der Waals surface area (Å²) in [5.41, 5.74) is 6.26. The molecule has 4 N–H and O–H groups in total. The van der Waals surface area contributed by atoms with E-state index in [-0.39, 0.29) is 41.8 Å². The minimum Gasteiger partial charge on any atom is -0.462 e. The van der Waals surface area contributed by atoms with Crippen molar-refractivity contribution in [3.8, 4) is 39.5 Å². The van der Waals surface area contributed by atoms with E-state index in [1.807, 2.05) is 70.0 Å². The number of benzene rings is 2. The van der Waals surface area contributed by atoms with Gasteiger partial charge in [-0.15, -0.1) is 0 Å². The number of fused-ring (bicyclic) bond motifs is 6. The molecule has 4 aromatic heterocycles. The molecule has 0 spiro atoms. The number of nitrogens with zero attached hydrogens (tertiary/aromatic N) is 5. The molecule has 0 bridgehead atoms. The molecule has 10 rings (SSSR count). The topological polar surface area (TPSA) is 202 Å². The molecule has 6 aromatic rings. The highest BCUT2D eigenvalue weighted by Crippen LogP contribution is 2.54. The second-order valence-electron chi connectivity index (χ2n) is 18.6. The average molecular weight is 898 g/mol. The molecule has 4 amide bonds. The number of amides is 4. The highest BCUT2D eigenvalue weighted by Gasteiger charge is 2.56. The van der Waals surface area contributed by atoms with Crippen LogP contribution in [0, 0.1) is 24.7 Å². The zero-order chi connectivity index (χ0) is 46.1. The lowest BCUT2D eigenvalue weighted by Gasteiger charge is -2.31. The molecule has 2 saturated heterocycles. The van der Waals surface area contributed by atoms with Gasteiger partial charge in [0.15, 0.2) is 5.76 Å². The zero-order valence-corrected chi connectivity index (χ0v) is 38.1. The molecule has 17 nitrogen and oxygen atoms in total. The highest BCUT2D eigenvalue weighted by atomic mass is 16.5. The molecule has 1 aliphatic carbocycles. The maximum Gasteiger partial charge on any atom is 0.407 e. The Morgan fingerprint density at radius 3 is 2.09 bits per heavy atom. The number of aryl methyl sites for hydroxylation is 1. The number of ether oxygens (including phenoxy) is 3. The van der Waals surface area contributed by atoms with Crippen molar-refractivity contribution in [2.75, 3.05) is 20.8 Å². The SMILES string of the molecule is COC(=O)NC(C(=O)N1[C@@H]2C[C@@H]2C[C@H]1c1ncc(-c2ccc3c(c2)cc2n3C(c3ccc(C)o3)Oc3cc(-c4cnc([C@@H]5CCCN5C(=O)[C@@H](NC(=O)OC)C(C)C)[nH]4)ccc3-2)[nH]1)C(C)C. The number of piperidine rings is 1.